The highest BCUT2D eigenvalue weighted by atomic mass is 35.5. The Kier molecular flexibility index (Phi) is 4.94. The molecule has 27 heavy (non-hydrogen) atoms. The fraction of sp³-hybridized carbons (Fsp3) is 0.318. The van der Waals surface area contributed by atoms with Crippen LogP contribution in [0.1, 0.15) is 34.5 Å². The Morgan fingerprint density at radius 3 is 2.78 bits per heavy atom. The van der Waals surface area contributed by atoms with E-state index < -0.39 is 0 Å². The lowest BCUT2D eigenvalue weighted by Crippen LogP contribution is -2.44. The minimum absolute atomic E-state index is 0.0863. The van der Waals surface area contributed by atoms with Gasteiger partial charge in [0.1, 0.15) is 5.69 Å². The number of aryl methyl sites for hydroxylation is 1. The third-order valence-corrected chi connectivity index (χ3v) is 5.73. The summed E-state index contributed by atoms with van der Waals surface area (Å²) in [6, 6.07) is 16.0. The molecule has 2 N–H and O–H groups in total. The number of amides is 1. The van der Waals surface area contributed by atoms with Gasteiger partial charge in [-0.05, 0) is 55.2 Å². The molecule has 1 aliphatic heterocycles. The first-order valence-electron chi connectivity index (χ1n) is 9.27. The van der Waals surface area contributed by atoms with E-state index in [9.17, 15) is 4.79 Å². The molecule has 0 radical (unpaired) electrons. The predicted molar refractivity (Wildman–Crippen MR) is 109 cm³/mol. The quantitative estimate of drug-likeness (QED) is 0.692. The Bertz CT molecular complexity index is 973. The Morgan fingerprint density at radius 1 is 1.19 bits per heavy atom. The zero-order chi connectivity index (χ0) is 18.9. The van der Waals surface area contributed by atoms with E-state index in [-0.39, 0.29) is 11.3 Å². The zero-order valence-corrected chi connectivity index (χ0v) is 16.1. The number of halogens is 1. The fourth-order valence-corrected chi connectivity index (χ4v) is 4.05. The molecule has 0 atom stereocenters. The van der Waals surface area contributed by atoms with E-state index >= 15 is 0 Å². The highest BCUT2D eigenvalue weighted by molar-refractivity contribution is 6.30. The van der Waals surface area contributed by atoms with Gasteiger partial charge in [0.2, 0.25) is 0 Å². The van der Waals surface area contributed by atoms with Crippen LogP contribution in [0.2, 0.25) is 5.02 Å². The van der Waals surface area contributed by atoms with Crippen LogP contribution in [0.25, 0.3) is 10.9 Å². The molecule has 1 fully saturated rings. The number of aromatic amines is 1. The smallest absolute Gasteiger partial charge is 0.267 e. The highest BCUT2D eigenvalue weighted by Crippen LogP contribution is 2.35. The molecule has 0 aliphatic carbocycles. The molecule has 0 unspecified atom stereocenters. The lowest BCUT2D eigenvalue weighted by Gasteiger charge is -2.38. The van der Waals surface area contributed by atoms with Crippen LogP contribution in [0.5, 0.6) is 0 Å². The van der Waals surface area contributed by atoms with Crippen LogP contribution in [0.3, 0.4) is 0 Å². The lowest BCUT2D eigenvalue weighted by molar-refractivity contribution is 0.0487. The average molecular weight is 383 g/mol. The number of rotatable bonds is 4. The van der Waals surface area contributed by atoms with Crippen molar-refractivity contribution in [3.05, 3.63) is 70.4 Å². The van der Waals surface area contributed by atoms with Crippen molar-refractivity contribution in [2.24, 2.45) is 0 Å². The minimum Gasteiger partial charge on any atom is -0.381 e. The van der Waals surface area contributed by atoms with Crippen LogP contribution in [0.4, 0.5) is 0 Å². The summed E-state index contributed by atoms with van der Waals surface area (Å²) in [5, 5.41) is 4.90. The molecule has 2 heterocycles. The normalized spacial score (nSPS) is 16.4. The van der Waals surface area contributed by atoms with E-state index in [4.69, 9.17) is 16.3 Å². The predicted octanol–water partition coefficient (Wildman–Crippen LogP) is 4.61. The standard InChI is InChI=1S/C22H23ClN2O2/c1-15-5-6-16-12-20(25-19(16)11-15)21(26)24-14-22(7-9-27-10-8-22)17-3-2-4-18(23)13-17/h2-6,11-13,25H,7-10,14H2,1H3,(H,24,26). The first-order chi connectivity index (χ1) is 13.1. The first-order valence-corrected chi connectivity index (χ1v) is 9.65. The van der Waals surface area contributed by atoms with Crippen LogP contribution >= 0.6 is 11.6 Å². The molecule has 4 nitrogen and oxygen atoms in total. The summed E-state index contributed by atoms with van der Waals surface area (Å²) in [6.45, 7) is 3.98. The van der Waals surface area contributed by atoms with Gasteiger partial charge < -0.3 is 15.0 Å². The molecule has 2 aromatic carbocycles. The van der Waals surface area contributed by atoms with E-state index in [1.54, 1.807) is 0 Å². The summed E-state index contributed by atoms with van der Waals surface area (Å²) in [7, 11) is 0. The molecule has 0 saturated carbocycles. The number of benzene rings is 2. The van der Waals surface area contributed by atoms with Crippen LogP contribution < -0.4 is 5.32 Å². The van der Waals surface area contributed by atoms with Crippen molar-refractivity contribution in [1.82, 2.24) is 10.3 Å². The summed E-state index contributed by atoms with van der Waals surface area (Å²) in [5.41, 5.74) is 3.74. The maximum absolute atomic E-state index is 12.8. The molecular weight excluding hydrogens is 360 g/mol. The summed E-state index contributed by atoms with van der Waals surface area (Å²) in [4.78, 5) is 16.0. The van der Waals surface area contributed by atoms with Gasteiger partial charge in [-0.3, -0.25) is 4.79 Å². The average Bonchev–Trinajstić information content (AvgIpc) is 3.10. The van der Waals surface area contributed by atoms with Crippen LogP contribution in [-0.2, 0) is 10.2 Å². The Morgan fingerprint density at radius 2 is 2.00 bits per heavy atom. The molecule has 5 heteroatoms. The van der Waals surface area contributed by atoms with Gasteiger partial charge in [0, 0.05) is 41.1 Å². The van der Waals surface area contributed by atoms with Crippen molar-refractivity contribution in [2.75, 3.05) is 19.8 Å². The van der Waals surface area contributed by atoms with Gasteiger partial charge in [0.15, 0.2) is 0 Å². The van der Waals surface area contributed by atoms with Crippen molar-refractivity contribution in [3.8, 4) is 0 Å². The van der Waals surface area contributed by atoms with Crippen LogP contribution in [0.15, 0.2) is 48.5 Å². The second-order valence-electron chi connectivity index (χ2n) is 7.36. The number of fused-ring (bicyclic) bond motifs is 1. The summed E-state index contributed by atoms with van der Waals surface area (Å²) in [6.07, 6.45) is 1.72. The van der Waals surface area contributed by atoms with Gasteiger partial charge in [-0.2, -0.15) is 0 Å². The second kappa shape index (κ2) is 7.37. The maximum Gasteiger partial charge on any atom is 0.267 e. The summed E-state index contributed by atoms with van der Waals surface area (Å²) in [5.74, 6) is -0.0863. The molecule has 1 amide bonds. The number of aromatic nitrogens is 1. The molecule has 1 aromatic heterocycles. The number of hydrogen-bond donors (Lipinski definition) is 2. The molecule has 0 spiro atoms. The van der Waals surface area contributed by atoms with Crippen molar-refractivity contribution < 1.29 is 9.53 Å². The van der Waals surface area contributed by atoms with E-state index in [0.717, 1.165) is 34.3 Å². The number of H-pyrrole nitrogens is 1. The van der Waals surface area contributed by atoms with E-state index in [0.29, 0.717) is 25.5 Å². The fourth-order valence-electron chi connectivity index (χ4n) is 3.86. The summed E-state index contributed by atoms with van der Waals surface area (Å²) < 4.78 is 5.57. The molecule has 3 aromatic rings. The van der Waals surface area contributed by atoms with E-state index in [2.05, 4.69) is 22.4 Å². The van der Waals surface area contributed by atoms with Crippen molar-refractivity contribution in [2.45, 2.75) is 25.2 Å². The number of nitrogens with one attached hydrogen (secondary N) is 2. The molecular formula is C22H23ClN2O2. The number of carbonyl (C=O) groups excluding carboxylic acids is 1. The highest BCUT2D eigenvalue weighted by Gasteiger charge is 2.35. The lowest BCUT2D eigenvalue weighted by atomic mass is 9.74. The molecule has 1 aliphatic rings. The van der Waals surface area contributed by atoms with Crippen LogP contribution in [0, 0.1) is 6.92 Å². The maximum atomic E-state index is 12.8. The Labute approximate surface area is 163 Å². The SMILES string of the molecule is Cc1ccc2cc(C(=O)NCC3(c4cccc(Cl)c4)CCOCC3)[nH]c2c1. The molecule has 0 bridgehead atoms. The molecule has 1 saturated heterocycles. The van der Waals surface area contributed by atoms with Gasteiger partial charge in [-0.15, -0.1) is 0 Å². The topological polar surface area (TPSA) is 54.1 Å². The Hall–Kier alpha value is -2.30. The van der Waals surface area contributed by atoms with Gasteiger partial charge in [-0.25, -0.2) is 0 Å². The molecule has 4 rings (SSSR count). The number of carbonyl (C=O) groups is 1. The number of ether oxygens (including phenoxy) is 1. The monoisotopic (exact) mass is 382 g/mol. The van der Waals surface area contributed by atoms with Gasteiger partial charge in [0.25, 0.3) is 5.91 Å². The molecule has 140 valence electrons. The van der Waals surface area contributed by atoms with E-state index in [1.807, 2.05) is 43.3 Å². The third-order valence-electron chi connectivity index (χ3n) is 5.50. The van der Waals surface area contributed by atoms with E-state index in [1.165, 1.54) is 5.56 Å². The number of hydrogen-bond acceptors (Lipinski definition) is 2. The Balaban J connectivity index is 1.55. The largest absolute Gasteiger partial charge is 0.381 e. The second-order valence-corrected chi connectivity index (χ2v) is 7.80. The van der Waals surface area contributed by atoms with Crippen molar-refractivity contribution >= 4 is 28.4 Å². The van der Waals surface area contributed by atoms with Gasteiger partial charge in [0.05, 0.1) is 0 Å². The third kappa shape index (κ3) is 3.73. The van der Waals surface area contributed by atoms with Gasteiger partial charge >= 0.3 is 0 Å². The zero-order valence-electron chi connectivity index (χ0n) is 15.3. The van der Waals surface area contributed by atoms with Crippen LogP contribution in [-0.4, -0.2) is 30.6 Å². The van der Waals surface area contributed by atoms with Crippen molar-refractivity contribution in [3.63, 3.8) is 0 Å². The summed E-state index contributed by atoms with van der Waals surface area (Å²) >= 11 is 6.22. The minimum atomic E-state index is -0.151. The van der Waals surface area contributed by atoms with Gasteiger partial charge in [-0.1, -0.05) is 35.9 Å². The first kappa shape index (κ1) is 18.1. The van der Waals surface area contributed by atoms with Crippen molar-refractivity contribution in [1.29, 1.82) is 0 Å².